The molecule has 0 bridgehead atoms. The summed E-state index contributed by atoms with van der Waals surface area (Å²) in [6.45, 7) is 1.50. The molecule has 0 heterocycles. The first-order valence-corrected chi connectivity index (χ1v) is 6.41. The molecule has 0 N–H and O–H groups in total. The molecule has 0 radical (unpaired) electrons. The molecule has 2 rings (SSSR count). The Labute approximate surface area is 123 Å². The molecule has 0 aliphatic carbocycles. The third-order valence-electron chi connectivity index (χ3n) is 3.27. The minimum absolute atomic E-state index is 0.171. The zero-order valence-corrected chi connectivity index (χ0v) is 11.5. The van der Waals surface area contributed by atoms with Crippen LogP contribution in [0.1, 0.15) is 27.8 Å². The summed E-state index contributed by atoms with van der Waals surface area (Å²) < 4.78 is 77.9. The van der Waals surface area contributed by atoms with Crippen molar-refractivity contribution in [3.05, 3.63) is 70.3 Å². The maximum absolute atomic E-state index is 13.0. The van der Waals surface area contributed by atoms with Gasteiger partial charge in [0.05, 0.1) is 11.1 Å². The van der Waals surface area contributed by atoms with Gasteiger partial charge in [0.15, 0.2) is 0 Å². The average Bonchev–Trinajstić information content (AvgIpc) is 2.39. The van der Waals surface area contributed by atoms with Crippen molar-refractivity contribution in [2.45, 2.75) is 25.7 Å². The second-order valence-electron chi connectivity index (χ2n) is 4.99. The molecule has 6 heteroatoms. The van der Waals surface area contributed by atoms with Gasteiger partial charge < -0.3 is 0 Å². The first kappa shape index (κ1) is 16.4. The van der Waals surface area contributed by atoms with Gasteiger partial charge in [-0.15, -0.1) is 0 Å². The van der Waals surface area contributed by atoms with E-state index in [9.17, 15) is 26.3 Å². The van der Waals surface area contributed by atoms with E-state index in [1.54, 1.807) is 0 Å². The Morgan fingerprint density at radius 3 is 1.86 bits per heavy atom. The molecular weight excluding hydrogens is 306 g/mol. The van der Waals surface area contributed by atoms with E-state index < -0.39 is 29.9 Å². The molecule has 0 saturated heterocycles. The van der Waals surface area contributed by atoms with E-state index in [2.05, 4.69) is 0 Å². The van der Waals surface area contributed by atoms with E-state index in [1.807, 2.05) is 0 Å². The molecule has 22 heavy (non-hydrogen) atoms. The molecular formula is C16H12F6. The van der Waals surface area contributed by atoms with Crippen LogP contribution >= 0.6 is 0 Å². The largest absolute Gasteiger partial charge is 0.416 e. The van der Waals surface area contributed by atoms with E-state index in [0.29, 0.717) is 5.56 Å². The summed E-state index contributed by atoms with van der Waals surface area (Å²) in [5.41, 5.74) is -1.76. The van der Waals surface area contributed by atoms with Crippen LogP contribution in [-0.2, 0) is 18.8 Å². The van der Waals surface area contributed by atoms with Crippen LogP contribution in [0.15, 0.2) is 42.5 Å². The number of benzene rings is 2. The highest BCUT2D eigenvalue weighted by Gasteiger charge is 2.35. The molecule has 0 fully saturated rings. The predicted octanol–water partition coefficient (Wildman–Crippen LogP) is 5.62. The van der Waals surface area contributed by atoms with Gasteiger partial charge in [0.2, 0.25) is 0 Å². The molecule has 118 valence electrons. The first-order valence-electron chi connectivity index (χ1n) is 6.41. The van der Waals surface area contributed by atoms with Gasteiger partial charge >= 0.3 is 12.4 Å². The van der Waals surface area contributed by atoms with E-state index in [0.717, 1.165) is 12.1 Å². The summed E-state index contributed by atoms with van der Waals surface area (Å²) in [6.07, 6.45) is -9.63. The summed E-state index contributed by atoms with van der Waals surface area (Å²) in [6, 6.07) is 8.30. The van der Waals surface area contributed by atoms with Crippen LogP contribution in [0, 0.1) is 6.92 Å². The molecule has 0 amide bonds. The highest BCUT2D eigenvalue weighted by Crippen LogP contribution is 2.36. The van der Waals surface area contributed by atoms with Crippen molar-refractivity contribution in [1.29, 1.82) is 0 Å². The molecule has 0 saturated carbocycles. The Morgan fingerprint density at radius 2 is 1.27 bits per heavy atom. The monoisotopic (exact) mass is 318 g/mol. The maximum Gasteiger partial charge on any atom is 0.416 e. The summed E-state index contributed by atoms with van der Waals surface area (Å²) in [5.74, 6) is 0. The van der Waals surface area contributed by atoms with Crippen LogP contribution in [0.2, 0.25) is 0 Å². The van der Waals surface area contributed by atoms with E-state index >= 15 is 0 Å². The van der Waals surface area contributed by atoms with Crippen molar-refractivity contribution < 1.29 is 26.3 Å². The summed E-state index contributed by atoms with van der Waals surface area (Å²) in [5, 5.41) is 0. The lowest BCUT2D eigenvalue weighted by Crippen LogP contribution is -2.13. The Balaban J connectivity index is 2.49. The van der Waals surface area contributed by atoms with E-state index in [4.69, 9.17) is 0 Å². The lowest BCUT2D eigenvalue weighted by atomic mass is 9.95. The zero-order chi connectivity index (χ0) is 16.5. The van der Waals surface area contributed by atoms with Crippen LogP contribution in [0.25, 0.3) is 0 Å². The lowest BCUT2D eigenvalue weighted by Gasteiger charge is -2.16. The van der Waals surface area contributed by atoms with Crippen molar-refractivity contribution in [3.8, 4) is 0 Å². The van der Waals surface area contributed by atoms with Gasteiger partial charge in [0, 0.05) is 0 Å². The van der Waals surface area contributed by atoms with Crippen molar-refractivity contribution in [1.82, 2.24) is 0 Å². The molecule has 2 aromatic carbocycles. The van der Waals surface area contributed by atoms with Crippen LogP contribution in [-0.4, -0.2) is 0 Å². The van der Waals surface area contributed by atoms with Gasteiger partial charge in [-0.05, 0) is 36.6 Å². The van der Waals surface area contributed by atoms with Gasteiger partial charge in [-0.1, -0.05) is 35.9 Å². The fourth-order valence-corrected chi connectivity index (χ4v) is 2.26. The molecule has 0 atom stereocenters. The van der Waals surface area contributed by atoms with Gasteiger partial charge in [0.1, 0.15) is 0 Å². The fourth-order valence-electron chi connectivity index (χ4n) is 2.26. The summed E-state index contributed by atoms with van der Waals surface area (Å²) >= 11 is 0. The smallest absolute Gasteiger partial charge is 0.166 e. The van der Waals surface area contributed by atoms with Crippen LogP contribution < -0.4 is 0 Å². The third kappa shape index (κ3) is 3.61. The Hall–Kier alpha value is -1.98. The van der Waals surface area contributed by atoms with Crippen LogP contribution in [0.5, 0.6) is 0 Å². The van der Waals surface area contributed by atoms with Gasteiger partial charge in [-0.2, -0.15) is 26.3 Å². The number of alkyl halides is 6. The molecule has 0 aliphatic rings. The number of halogens is 6. The normalized spacial score (nSPS) is 12.5. The number of rotatable bonds is 2. The number of hydrogen-bond donors (Lipinski definition) is 0. The third-order valence-corrected chi connectivity index (χ3v) is 3.27. The number of aryl methyl sites for hydroxylation is 1. The average molecular weight is 318 g/mol. The second-order valence-corrected chi connectivity index (χ2v) is 4.99. The van der Waals surface area contributed by atoms with Gasteiger partial charge in [-0.25, -0.2) is 0 Å². The lowest BCUT2D eigenvalue weighted by molar-refractivity contribution is -0.138. The first-order chi connectivity index (χ1) is 10.1. The molecule has 0 aliphatic heterocycles. The topological polar surface area (TPSA) is 0 Å². The Morgan fingerprint density at radius 1 is 0.727 bits per heavy atom. The minimum atomic E-state index is -4.60. The van der Waals surface area contributed by atoms with E-state index in [1.165, 1.54) is 37.3 Å². The molecule has 0 nitrogen and oxygen atoms in total. The van der Waals surface area contributed by atoms with Crippen molar-refractivity contribution in [3.63, 3.8) is 0 Å². The quantitative estimate of drug-likeness (QED) is 0.630. The van der Waals surface area contributed by atoms with Gasteiger partial charge in [0.25, 0.3) is 0 Å². The van der Waals surface area contributed by atoms with Crippen molar-refractivity contribution in [2.24, 2.45) is 0 Å². The second kappa shape index (κ2) is 5.66. The van der Waals surface area contributed by atoms with Crippen molar-refractivity contribution in [2.75, 3.05) is 0 Å². The zero-order valence-electron chi connectivity index (χ0n) is 11.5. The van der Waals surface area contributed by atoms with E-state index in [-0.39, 0.29) is 11.1 Å². The summed E-state index contributed by atoms with van der Waals surface area (Å²) in [7, 11) is 0. The van der Waals surface area contributed by atoms with Crippen LogP contribution in [0.4, 0.5) is 26.3 Å². The van der Waals surface area contributed by atoms with Gasteiger partial charge in [-0.3, -0.25) is 0 Å². The standard InChI is InChI=1S/C16H12F6/c1-10-6-7-12(14(8-10)16(20,21)22)9-11-4-2-3-5-13(11)15(17,18)19/h2-8H,9H2,1H3. The maximum atomic E-state index is 13.0. The summed E-state index contributed by atoms with van der Waals surface area (Å²) in [4.78, 5) is 0. The Bertz CT molecular complexity index is 667. The SMILES string of the molecule is Cc1ccc(Cc2ccccc2C(F)(F)F)c(C(F)(F)F)c1. The molecule has 0 unspecified atom stereocenters. The molecule has 2 aromatic rings. The highest BCUT2D eigenvalue weighted by atomic mass is 19.4. The Kier molecular flexibility index (Phi) is 4.22. The van der Waals surface area contributed by atoms with Crippen LogP contribution in [0.3, 0.4) is 0 Å². The highest BCUT2D eigenvalue weighted by molar-refractivity contribution is 5.40. The fraction of sp³-hybridized carbons (Fsp3) is 0.250. The minimum Gasteiger partial charge on any atom is -0.166 e. The van der Waals surface area contributed by atoms with Crippen molar-refractivity contribution >= 4 is 0 Å². The number of hydrogen-bond acceptors (Lipinski definition) is 0. The predicted molar refractivity (Wildman–Crippen MR) is 70.4 cm³/mol. The molecule has 0 aromatic heterocycles. The molecule has 0 spiro atoms.